The number of nitrogens with two attached hydrogens (primary N) is 1. The molecule has 0 spiro atoms. The van der Waals surface area contributed by atoms with Crippen LogP contribution in [0.2, 0.25) is 0 Å². The summed E-state index contributed by atoms with van der Waals surface area (Å²) in [6.07, 6.45) is 0.608. The van der Waals surface area contributed by atoms with Crippen molar-refractivity contribution in [2.24, 2.45) is 0 Å². The van der Waals surface area contributed by atoms with Crippen LogP contribution in [0.25, 0.3) is 0 Å². The fourth-order valence-electron chi connectivity index (χ4n) is 1.14. The highest BCUT2D eigenvalue weighted by molar-refractivity contribution is 7.92. The third-order valence-electron chi connectivity index (χ3n) is 2.29. The Kier molecular flexibility index (Phi) is 3.16. The molecule has 1 unspecified atom stereocenters. The molecule has 0 aromatic heterocycles. The van der Waals surface area contributed by atoms with E-state index in [1.165, 1.54) is 6.07 Å². The molecule has 0 heterocycles. The summed E-state index contributed by atoms with van der Waals surface area (Å²) in [5.41, 5.74) is 6.01. The zero-order valence-electron chi connectivity index (χ0n) is 8.40. The zero-order valence-corrected chi connectivity index (χ0v) is 9.21. The van der Waals surface area contributed by atoms with Gasteiger partial charge >= 0.3 is 0 Å². The summed E-state index contributed by atoms with van der Waals surface area (Å²) in [5.74, 6) is 0. The molecule has 4 heteroatoms. The molecular formula is C10H15NO2S. The van der Waals surface area contributed by atoms with Crippen molar-refractivity contribution in [2.75, 3.05) is 5.73 Å². The van der Waals surface area contributed by atoms with Crippen LogP contribution in [0, 0.1) is 0 Å². The molecule has 0 saturated carbocycles. The third-order valence-corrected chi connectivity index (χ3v) is 4.60. The van der Waals surface area contributed by atoms with Crippen molar-refractivity contribution >= 4 is 15.5 Å². The van der Waals surface area contributed by atoms with E-state index in [1.54, 1.807) is 25.1 Å². The van der Waals surface area contributed by atoms with E-state index in [9.17, 15) is 8.42 Å². The summed E-state index contributed by atoms with van der Waals surface area (Å²) in [5, 5.41) is -0.357. The minimum absolute atomic E-state index is 0.312. The molecule has 0 aliphatic heterocycles. The van der Waals surface area contributed by atoms with Gasteiger partial charge in [-0.15, -0.1) is 0 Å². The largest absolute Gasteiger partial charge is 0.399 e. The normalized spacial score (nSPS) is 13.9. The number of hydrogen-bond donors (Lipinski definition) is 1. The molecule has 1 aromatic rings. The number of sulfone groups is 1. The van der Waals surface area contributed by atoms with Crippen molar-refractivity contribution in [3.05, 3.63) is 24.3 Å². The van der Waals surface area contributed by atoms with Crippen molar-refractivity contribution < 1.29 is 8.42 Å². The van der Waals surface area contributed by atoms with Gasteiger partial charge in [0, 0.05) is 5.69 Å². The number of rotatable bonds is 3. The Bertz CT molecular complexity index is 412. The lowest BCUT2D eigenvalue weighted by atomic mass is 10.3. The van der Waals surface area contributed by atoms with Gasteiger partial charge in [0.15, 0.2) is 9.84 Å². The smallest absolute Gasteiger partial charge is 0.181 e. The predicted molar refractivity (Wildman–Crippen MR) is 57.8 cm³/mol. The summed E-state index contributed by atoms with van der Waals surface area (Å²) in [6.45, 7) is 3.56. The van der Waals surface area contributed by atoms with Crippen molar-refractivity contribution in [1.29, 1.82) is 0 Å². The Hall–Kier alpha value is -1.03. The van der Waals surface area contributed by atoms with Crippen LogP contribution < -0.4 is 5.73 Å². The monoisotopic (exact) mass is 213 g/mol. The van der Waals surface area contributed by atoms with Gasteiger partial charge in [-0.2, -0.15) is 0 Å². The Labute approximate surface area is 84.9 Å². The van der Waals surface area contributed by atoms with Crippen LogP contribution in [0.5, 0.6) is 0 Å². The Balaban J connectivity index is 3.17. The molecular weight excluding hydrogens is 198 g/mol. The minimum Gasteiger partial charge on any atom is -0.399 e. The Morgan fingerprint density at radius 2 is 2.07 bits per heavy atom. The molecule has 1 rings (SSSR count). The van der Waals surface area contributed by atoms with E-state index in [4.69, 9.17) is 5.73 Å². The second-order valence-electron chi connectivity index (χ2n) is 3.34. The van der Waals surface area contributed by atoms with Gasteiger partial charge in [-0.3, -0.25) is 0 Å². The number of anilines is 1. The second kappa shape index (κ2) is 4.00. The van der Waals surface area contributed by atoms with Crippen molar-refractivity contribution in [3.63, 3.8) is 0 Å². The Morgan fingerprint density at radius 1 is 1.43 bits per heavy atom. The second-order valence-corrected chi connectivity index (χ2v) is 5.70. The lowest BCUT2D eigenvalue weighted by Gasteiger charge is -2.10. The number of hydrogen-bond acceptors (Lipinski definition) is 3. The van der Waals surface area contributed by atoms with E-state index in [0.717, 1.165) is 0 Å². The summed E-state index contributed by atoms with van der Waals surface area (Å²) in [6, 6.07) is 6.42. The molecule has 0 radical (unpaired) electrons. The lowest BCUT2D eigenvalue weighted by Crippen LogP contribution is -2.16. The van der Waals surface area contributed by atoms with E-state index < -0.39 is 9.84 Å². The lowest BCUT2D eigenvalue weighted by molar-refractivity contribution is 0.581. The molecule has 0 bridgehead atoms. The standard InChI is InChI=1S/C10H15NO2S/c1-3-8(2)14(12,13)10-6-4-5-9(11)7-10/h4-8H,3,11H2,1-2H3. The highest BCUT2D eigenvalue weighted by Gasteiger charge is 2.21. The molecule has 0 aliphatic rings. The van der Waals surface area contributed by atoms with Gasteiger partial charge in [-0.25, -0.2) is 8.42 Å². The van der Waals surface area contributed by atoms with Gasteiger partial charge in [0.2, 0.25) is 0 Å². The molecule has 1 atom stereocenters. The van der Waals surface area contributed by atoms with E-state index >= 15 is 0 Å². The zero-order chi connectivity index (χ0) is 10.8. The van der Waals surface area contributed by atoms with Gasteiger partial charge < -0.3 is 5.73 Å². The molecule has 0 amide bonds. The fraction of sp³-hybridized carbons (Fsp3) is 0.400. The first-order chi connectivity index (χ1) is 6.48. The quantitative estimate of drug-likeness (QED) is 0.779. The van der Waals surface area contributed by atoms with Crippen molar-refractivity contribution in [2.45, 2.75) is 30.4 Å². The molecule has 0 aliphatic carbocycles. The van der Waals surface area contributed by atoms with Crippen LogP contribution in [-0.2, 0) is 9.84 Å². The first-order valence-corrected chi connectivity index (χ1v) is 6.12. The summed E-state index contributed by atoms with van der Waals surface area (Å²) >= 11 is 0. The van der Waals surface area contributed by atoms with Crippen LogP contribution in [0.3, 0.4) is 0 Å². The van der Waals surface area contributed by atoms with Crippen molar-refractivity contribution in [3.8, 4) is 0 Å². The van der Waals surface area contributed by atoms with E-state index in [0.29, 0.717) is 17.0 Å². The molecule has 78 valence electrons. The van der Waals surface area contributed by atoms with Crippen LogP contribution >= 0.6 is 0 Å². The molecule has 14 heavy (non-hydrogen) atoms. The maximum atomic E-state index is 11.9. The topological polar surface area (TPSA) is 60.2 Å². The highest BCUT2D eigenvalue weighted by atomic mass is 32.2. The van der Waals surface area contributed by atoms with Gasteiger partial charge in [0.05, 0.1) is 10.1 Å². The van der Waals surface area contributed by atoms with Gasteiger partial charge in [-0.05, 0) is 31.5 Å². The number of nitrogen functional groups attached to an aromatic ring is 1. The highest BCUT2D eigenvalue weighted by Crippen LogP contribution is 2.19. The fourth-order valence-corrected chi connectivity index (χ4v) is 2.62. The third kappa shape index (κ3) is 2.07. The SMILES string of the molecule is CCC(C)S(=O)(=O)c1cccc(N)c1. The number of benzene rings is 1. The summed E-state index contributed by atoms with van der Waals surface area (Å²) < 4.78 is 23.7. The van der Waals surface area contributed by atoms with E-state index in [2.05, 4.69) is 0 Å². The Morgan fingerprint density at radius 3 is 2.57 bits per heavy atom. The summed E-state index contributed by atoms with van der Waals surface area (Å²) in [7, 11) is -3.19. The molecule has 0 fully saturated rings. The van der Waals surface area contributed by atoms with E-state index in [-0.39, 0.29) is 5.25 Å². The maximum absolute atomic E-state index is 11.9. The van der Waals surface area contributed by atoms with Crippen LogP contribution in [0.4, 0.5) is 5.69 Å². The van der Waals surface area contributed by atoms with E-state index in [1.807, 2.05) is 6.92 Å². The van der Waals surface area contributed by atoms with Gasteiger partial charge in [0.25, 0.3) is 0 Å². The predicted octanol–water partition coefficient (Wildman–Crippen LogP) is 1.84. The molecule has 1 aromatic carbocycles. The maximum Gasteiger partial charge on any atom is 0.181 e. The molecule has 3 nitrogen and oxygen atoms in total. The van der Waals surface area contributed by atoms with Crippen molar-refractivity contribution in [1.82, 2.24) is 0 Å². The van der Waals surface area contributed by atoms with Crippen LogP contribution in [-0.4, -0.2) is 13.7 Å². The van der Waals surface area contributed by atoms with Gasteiger partial charge in [0.1, 0.15) is 0 Å². The minimum atomic E-state index is -3.19. The van der Waals surface area contributed by atoms with Crippen LogP contribution in [0.1, 0.15) is 20.3 Å². The first-order valence-electron chi connectivity index (χ1n) is 4.58. The molecule has 2 N–H and O–H groups in total. The summed E-state index contributed by atoms with van der Waals surface area (Å²) in [4.78, 5) is 0.312. The molecule has 0 saturated heterocycles. The first kappa shape index (κ1) is 11.0. The average Bonchev–Trinajstić information content (AvgIpc) is 2.16. The average molecular weight is 213 g/mol. The van der Waals surface area contributed by atoms with Crippen LogP contribution in [0.15, 0.2) is 29.2 Å². The van der Waals surface area contributed by atoms with Gasteiger partial charge in [-0.1, -0.05) is 13.0 Å².